The Kier molecular flexibility index (Phi) is 3.19. The highest BCUT2D eigenvalue weighted by Gasteiger charge is 2.31. The zero-order valence-corrected chi connectivity index (χ0v) is 8.46. The van der Waals surface area contributed by atoms with Crippen LogP contribution in [0.4, 0.5) is 0 Å². The Hall–Kier alpha value is -0.120. The second kappa shape index (κ2) is 4.40. The van der Waals surface area contributed by atoms with Gasteiger partial charge in [0.15, 0.2) is 0 Å². The minimum atomic E-state index is 0.885. The lowest BCUT2D eigenvalue weighted by atomic mass is 10.0. The monoisotopic (exact) mass is 184 g/mol. The molecule has 1 aliphatic carbocycles. The van der Waals surface area contributed by atoms with E-state index in [-0.39, 0.29) is 0 Å². The van der Waals surface area contributed by atoms with Crippen LogP contribution in [-0.2, 0) is 4.74 Å². The maximum atomic E-state index is 5.13. The first-order valence-corrected chi connectivity index (χ1v) is 5.34. The van der Waals surface area contributed by atoms with Crippen LogP contribution in [0.1, 0.15) is 12.8 Å². The Labute approximate surface area is 80.4 Å². The third-order valence-electron chi connectivity index (χ3n) is 3.00. The van der Waals surface area contributed by atoms with Gasteiger partial charge in [-0.15, -0.1) is 0 Å². The summed E-state index contributed by atoms with van der Waals surface area (Å²) >= 11 is 0. The second-order valence-corrected chi connectivity index (χ2v) is 4.24. The maximum Gasteiger partial charge on any atom is 0.0589 e. The molecule has 0 aromatic rings. The zero-order chi connectivity index (χ0) is 9.10. The van der Waals surface area contributed by atoms with E-state index in [4.69, 9.17) is 4.74 Å². The SMILES string of the molecule is COCCN(CC1CNC1)C1CC1. The fraction of sp³-hybridized carbons (Fsp3) is 1.00. The summed E-state index contributed by atoms with van der Waals surface area (Å²) in [6.07, 6.45) is 2.81. The Balaban J connectivity index is 1.68. The number of nitrogens with one attached hydrogen (secondary N) is 1. The quantitative estimate of drug-likeness (QED) is 0.643. The van der Waals surface area contributed by atoms with E-state index in [9.17, 15) is 0 Å². The van der Waals surface area contributed by atoms with E-state index in [2.05, 4.69) is 10.2 Å². The van der Waals surface area contributed by atoms with Crippen molar-refractivity contribution in [1.82, 2.24) is 10.2 Å². The third kappa shape index (κ3) is 2.66. The fourth-order valence-corrected chi connectivity index (χ4v) is 1.88. The van der Waals surface area contributed by atoms with Crippen molar-refractivity contribution in [3.63, 3.8) is 0 Å². The number of hydrogen-bond acceptors (Lipinski definition) is 3. The Morgan fingerprint density at radius 1 is 1.38 bits per heavy atom. The van der Waals surface area contributed by atoms with E-state index in [1.54, 1.807) is 7.11 Å². The highest BCUT2D eigenvalue weighted by atomic mass is 16.5. The van der Waals surface area contributed by atoms with Gasteiger partial charge in [-0.2, -0.15) is 0 Å². The lowest BCUT2D eigenvalue weighted by molar-refractivity contribution is 0.121. The van der Waals surface area contributed by atoms with E-state index in [0.29, 0.717) is 0 Å². The molecule has 1 aliphatic heterocycles. The molecule has 0 amide bonds. The number of nitrogens with zero attached hydrogens (tertiary/aromatic N) is 1. The number of methoxy groups -OCH3 is 1. The molecule has 1 N–H and O–H groups in total. The largest absolute Gasteiger partial charge is 0.383 e. The molecule has 0 aromatic heterocycles. The first-order valence-electron chi connectivity index (χ1n) is 5.34. The van der Waals surface area contributed by atoms with Crippen LogP contribution < -0.4 is 5.32 Å². The summed E-state index contributed by atoms with van der Waals surface area (Å²) in [6, 6.07) is 0.885. The predicted molar refractivity (Wildman–Crippen MR) is 52.8 cm³/mol. The molecule has 3 heteroatoms. The topological polar surface area (TPSA) is 24.5 Å². The molecule has 2 aliphatic rings. The van der Waals surface area contributed by atoms with Crippen molar-refractivity contribution < 1.29 is 4.74 Å². The van der Waals surface area contributed by atoms with E-state index in [1.807, 2.05) is 0 Å². The molecule has 76 valence electrons. The zero-order valence-electron chi connectivity index (χ0n) is 8.46. The summed E-state index contributed by atoms with van der Waals surface area (Å²) in [5.41, 5.74) is 0. The van der Waals surface area contributed by atoms with Crippen molar-refractivity contribution in [2.45, 2.75) is 18.9 Å². The average Bonchev–Trinajstić information content (AvgIpc) is 2.84. The van der Waals surface area contributed by atoms with Gasteiger partial charge in [0.25, 0.3) is 0 Å². The fourth-order valence-electron chi connectivity index (χ4n) is 1.88. The number of hydrogen-bond donors (Lipinski definition) is 1. The van der Waals surface area contributed by atoms with Gasteiger partial charge in [-0.3, -0.25) is 4.90 Å². The highest BCUT2D eigenvalue weighted by molar-refractivity contribution is 4.88. The molecule has 0 aromatic carbocycles. The summed E-state index contributed by atoms with van der Waals surface area (Å²) in [7, 11) is 1.79. The normalized spacial score (nSPS) is 23.5. The van der Waals surface area contributed by atoms with Gasteiger partial charge in [0.2, 0.25) is 0 Å². The molecular formula is C10H20N2O. The van der Waals surface area contributed by atoms with E-state index < -0.39 is 0 Å². The van der Waals surface area contributed by atoms with Crippen molar-refractivity contribution in [2.24, 2.45) is 5.92 Å². The van der Waals surface area contributed by atoms with Gasteiger partial charge >= 0.3 is 0 Å². The van der Waals surface area contributed by atoms with Gasteiger partial charge in [-0.25, -0.2) is 0 Å². The molecule has 0 bridgehead atoms. The lowest BCUT2D eigenvalue weighted by Crippen LogP contribution is -2.49. The molecule has 1 heterocycles. The van der Waals surface area contributed by atoms with Gasteiger partial charge in [0, 0.05) is 39.3 Å². The van der Waals surface area contributed by atoms with Crippen molar-refractivity contribution in [2.75, 3.05) is 39.9 Å². The molecule has 0 atom stereocenters. The van der Waals surface area contributed by atoms with Gasteiger partial charge in [-0.1, -0.05) is 0 Å². The van der Waals surface area contributed by atoms with Crippen LogP contribution in [0.25, 0.3) is 0 Å². The van der Waals surface area contributed by atoms with Gasteiger partial charge in [-0.05, 0) is 18.8 Å². The molecule has 1 saturated heterocycles. The van der Waals surface area contributed by atoms with Crippen molar-refractivity contribution >= 4 is 0 Å². The van der Waals surface area contributed by atoms with Crippen molar-refractivity contribution in [3.05, 3.63) is 0 Å². The van der Waals surface area contributed by atoms with Crippen LogP contribution in [0, 0.1) is 5.92 Å². The van der Waals surface area contributed by atoms with Crippen LogP contribution in [0.2, 0.25) is 0 Å². The molecule has 3 nitrogen and oxygen atoms in total. The molecule has 0 radical (unpaired) electrons. The maximum absolute atomic E-state index is 5.13. The Morgan fingerprint density at radius 2 is 2.15 bits per heavy atom. The molecule has 13 heavy (non-hydrogen) atoms. The summed E-state index contributed by atoms with van der Waals surface area (Å²) in [5, 5.41) is 3.32. The van der Waals surface area contributed by atoms with Crippen LogP contribution in [0.5, 0.6) is 0 Å². The smallest absolute Gasteiger partial charge is 0.0589 e. The first-order chi connectivity index (χ1) is 6.40. The van der Waals surface area contributed by atoms with Crippen LogP contribution in [-0.4, -0.2) is 50.8 Å². The van der Waals surface area contributed by atoms with E-state index in [0.717, 1.165) is 25.1 Å². The molecule has 0 spiro atoms. The van der Waals surface area contributed by atoms with Crippen LogP contribution >= 0.6 is 0 Å². The number of rotatable bonds is 6. The highest BCUT2D eigenvalue weighted by Crippen LogP contribution is 2.27. The van der Waals surface area contributed by atoms with Crippen molar-refractivity contribution in [1.29, 1.82) is 0 Å². The summed E-state index contributed by atoms with van der Waals surface area (Å²) < 4.78 is 5.13. The predicted octanol–water partition coefficient (Wildman–Crippen LogP) is 0.317. The molecular weight excluding hydrogens is 164 g/mol. The first kappa shape index (κ1) is 9.44. The second-order valence-electron chi connectivity index (χ2n) is 4.24. The van der Waals surface area contributed by atoms with Gasteiger partial charge < -0.3 is 10.1 Å². The van der Waals surface area contributed by atoms with Crippen LogP contribution in [0.15, 0.2) is 0 Å². The minimum absolute atomic E-state index is 0.885. The Morgan fingerprint density at radius 3 is 2.62 bits per heavy atom. The summed E-state index contributed by atoms with van der Waals surface area (Å²) in [4.78, 5) is 2.61. The lowest BCUT2D eigenvalue weighted by Gasteiger charge is -2.33. The minimum Gasteiger partial charge on any atom is -0.383 e. The molecule has 2 rings (SSSR count). The third-order valence-corrected chi connectivity index (χ3v) is 3.00. The average molecular weight is 184 g/mol. The van der Waals surface area contributed by atoms with Crippen LogP contribution in [0.3, 0.4) is 0 Å². The molecule has 2 fully saturated rings. The van der Waals surface area contributed by atoms with Gasteiger partial charge in [0.1, 0.15) is 0 Å². The van der Waals surface area contributed by atoms with Crippen molar-refractivity contribution in [3.8, 4) is 0 Å². The standard InChI is InChI=1S/C10H20N2O/c1-13-5-4-12(10-2-3-10)8-9-6-11-7-9/h9-11H,2-8H2,1H3. The summed E-state index contributed by atoms with van der Waals surface area (Å²) in [5.74, 6) is 0.900. The molecule has 1 saturated carbocycles. The molecule has 0 unspecified atom stereocenters. The van der Waals surface area contributed by atoms with E-state index in [1.165, 1.54) is 32.5 Å². The summed E-state index contributed by atoms with van der Waals surface area (Å²) in [6.45, 7) is 5.72. The van der Waals surface area contributed by atoms with Gasteiger partial charge in [0.05, 0.1) is 6.61 Å². The Bertz CT molecular complexity index is 155. The van der Waals surface area contributed by atoms with E-state index >= 15 is 0 Å². The number of ether oxygens (including phenoxy) is 1.